The summed E-state index contributed by atoms with van der Waals surface area (Å²) in [6, 6.07) is 23.0. The lowest BCUT2D eigenvalue weighted by Crippen LogP contribution is -2.36. The summed E-state index contributed by atoms with van der Waals surface area (Å²) in [5.41, 5.74) is 4.22. The van der Waals surface area contributed by atoms with Gasteiger partial charge in [-0.25, -0.2) is 4.98 Å². The van der Waals surface area contributed by atoms with Gasteiger partial charge in [-0.15, -0.1) is 0 Å². The van der Waals surface area contributed by atoms with E-state index in [0.717, 1.165) is 22.5 Å². The van der Waals surface area contributed by atoms with E-state index in [2.05, 4.69) is 15.6 Å². The zero-order chi connectivity index (χ0) is 20.1. The molecule has 0 aliphatic carbocycles. The van der Waals surface area contributed by atoms with E-state index in [1.165, 1.54) is 0 Å². The summed E-state index contributed by atoms with van der Waals surface area (Å²) in [4.78, 5) is 28.7. The molecule has 0 radical (unpaired) electrons. The summed E-state index contributed by atoms with van der Waals surface area (Å²) in [5.74, 6) is -0.552. The smallest absolute Gasteiger partial charge is 0.251 e. The molecule has 2 amide bonds. The predicted octanol–water partition coefficient (Wildman–Crippen LogP) is 3.05. The fourth-order valence-electron chi connectivity index (χ4n) is 3.03. The van der Waals surface area contributed by atoms with Crippen molar-refractivity contribution in [2.24, 2.45) is 0 Å². The molecule has 0 spiro atoms. The maximum Gasteiger partial charge on any atom is 0.251 e. The zero-order valence-corrected chi connectivity index (χ0v) is 15.7. The van der Waals surface area contributed by atoms with Gasteiger partial charge in [-0.3, -0.25) is 9.59 Å². The average molecular weight is 384 g/mol. The van der Waals surface area contributed by atoms with Crippen LogP contribution < -0.4 is 10.6 Å². The van der Waals surface area contributed by atoms with Crippen LogP contribution in [0.2, 0.25) is 0 Å². The molecule has 0 unspecified atom stereocenters. The van der Waals surface area contributed by atoms with Gasteiger partial charge in [-0.05, 0) is 35.4 Å². The molecule has 0 fully saturated rings. The van der Waals surface area contributed by atoms with Crippen molar-refractivity contribution in [3.63, 3.8) is 0 Å². The Kier molecular flexibility index (Phi) is 5.33. The van der Waals surface area contributed by atoms with Crippen LogP contribution in [0.25, 0.3) is 16.8 Å². The molecule has 2 N–H and O–H groups in total. The second kappa shape index (κ2) is 8.39. The van der Waals surface area contributed by atoms with Gasteiger partial charge in [-0.1, -0.05) is 48.5 Å². The molecule has 4 rings (SSSR count). The van der Waals surface area contributed by atoms with E-state index < -0.39 is 0 Å². The monoisotopic (exact) mass is 384 g/mol. The van der Waals surface area contributed by atoms with Gasteiger partial charge in [0, 0.05) is 18.0 Å². The fraction of sp³-hybridized carbons (Fsp3) is 0.0870. The van der Waals surface area contributed by atoms with Crippen molar-refractivity contribution in [1.29, 1.82) is 0 Å². The van der Waals surface area contributed by atoms with E-state index in [0.29, 0.717) is 12.1 Å². The molecule has 4 aromatic rings. The number of carbonyl (C=O) groups excluding carboxylic acids is 2. The Morgan fingerprint density at radius 3 is 2.31 bits per heavy atom. The summed E-state index contributed by atoms with van der Waals surface area (Å²) in [5, 5.41) is 5.41. The normalized spacial score (nSPS) is 10.6. The van der Waals surface area contributed by atoms with Crippen LogP contribution in [0.15, 0.2) is 85.2 Å². The molecule has 29 heavy (non-hydrogen) atoms. The number of hydrogen-bond donors (Lipinski definition) is 2. The van der Waals surface area contributed by atoms with Crippen LogP contribution in [-0.2, 0) is 11.3 Å². The number of benzene rings is 2. The molecular weight excluding hydrogens is 364 g/mol. The number of hydrogen-bond acceptors (Lipinski definition) is 3. The summed E-state index contributed by atoms with van der Waals surface area (Å²) in [6.45, 7) is 0.217. The van der Waals surface area contributed by atoms with E-state index in [4.69, 9.17) is 0 Å². The van der Waals surface area contributed by atoms with Gasteiger partial charge in [0.2, 0.25) is 5.91 Å². The molecule has 0 atom stereocenters. The van der Waals surface area contributed by atoms with Crippen molar-refractivity contribution < 1.29 is 9.59 Å². The molecule has 0 saturated heterocycles. The van der Waals surface area contributed by atoms with Crippen LogP contribution in [-0.4, -0.2) is 27.7 Å². The first-order valence-corrected chi connectivity index (χ1v) is 9.32. The maximum absolute atomic E-state index is 12.3. The second-order valence-corrected chi connectivity index (χ2v) is 6.60. The zero-order valence-electron chi connectivity index (χ0n) is 15.7. The number of pyridine rings is 1. The average Bonchev–Trinajstić information content (AvgIpc) is 3.20. The molecule has 0 aliphatic rings. The summed E-state index contributed by atoms with van der Waals surface area (Å²) < 4.78 is 1.89. The molecule has 6 heteroatoms. The molecule has 0 saturated carbocycles. The molecule has 0 bridgehead atoms. The Labute approximate surface area is 168 Å². The highest BCUT2D eigenvalue weighted by Crippen LogP contribution is 2.19. The van der Waals surface area contributed by atoms with Crippen molar-refractivity contribution in [2.45, 2.75) is 6.54 Å². The quantitative estimate of drug-likeness (QED) is 0.537. The Bertz CT molecular complexity index is 1100. The van der Waals surface area contributed by atoms with Crippen molar-refractivity contribution in [2.75, 3.05) is 6.54 Å². The van der Waals surface area contributed by atoms with Crippen LogP contribution >= 0.6 is 0 Å². The number of imidazole rings is 1. The SMILES string of the molecule is O=C(CNC(=O)c1ccc(-c2ccccc2)cc1)NCc1cn2ccccc2n1. The largest absolute Gasteiger partial charge is 0.349 e. The summed E-state index contributed by atoms with van der Waals surface area (Å²) in [7, 11) is 0. The first-order valence-electron chi connectivity index (χ1n) is 9.32. The number of aromatic nitrogens is 2. The van der Waals surface area contributed by atoms with Gasteiger partial charge >= 0.3 is 0 Å². The van der Waals surface area contributed by atoms with Gasteiger partial charge in [0.25, 0.3) is 5.91 Å². The minimum Gasteiger partial charge on any atom is -0.349 e. The van der Waals surface area contributed by atoms with Gasteiger partial charge < -0.3 is 15.0 Å². The highest BCUT2D eigenvalue weighted by atomic mass is 16.2. The van der Waals surface area contributed by atoms with Gasteiger partial charge in [-0.2, -0.15) is 0 Å². The number of fused-ring (bicyclic) bond motifs is 1. The molecule has 144 valence electrons. The van der Waals surface area contributed by atoms with Crippen molar-refractivity contribution in [3.05, 3.63) is 96.4 Å². The third-order valence-electron chi connectivity index (χ3n) is 4.54. The Morgan fingerprint density at radius 2 is 1.55 bits per heavy atom. The first-order chi connectivity index (χ1) is 14.2. The number of nitrogens with zero attached hydrogens (tertiary/aromatic N) is 2. The second-order valence-electron chi connectivity index (χ2n) is 6.60. The topological polar surface area (TPSA) is 75.5 Å². The fourth-order valence-corrected chi connectivity index (χ4v) is 3.03. The van der Waals surface area contributed by atoms with E-state index in [1.807, 2.05) is 77.5 Å². The van der Waals surface area contributed by atoms with Gasteiger partial charge in [0.1, 0.15) is 5.65 Å². The third-order valence-corrected chi connectivity index (χ3v) is 4.54. The Hall–Kier alpha value is -3.93. The van der Waals surface area contributed by atoms with E-state index in [9.17, 15) is 9.59 Å². The number of nitrogens with one attached hydrogen (secondary N) is 2. The maximum atomic E-state index is 12.3. The van der Waals surface area contributed by atoms with Crippen LogP contribution in [0.5, 0.6) is 0 Å². The lowest BCUT2D eigenvalue weighted by molar-refractivity contribution is -0.120. The molecule has 2 aromatic carbocycles. The first kappa shape index (κ1) is 18.4. The van der Waals surface area contributed by atoms with E-state index in [-0.39, 0.29) is 18.4 Å². The highest BCUT2D eigenvalue weighted by Gasteiger charge is 2.09. The van der Waals surface area contributed by atoms with Crippen LogP contribution in [0, 0.1) is 0 Å². The lowest BCUT2D eigenvalue weighted by Gasteiger charge is -2.07. The molecule has 2 aromatic heterocycles. The van der Waals surface area contributed by atoms with Crippen LogP contribution in [0.1, 0.15) is 16.1 Å². The van der Waals surface area contributed by atoms with Gasteiger partial charge in [0.15, 0.2) is 0 Å². The van der Waals surface area contributed by atoms with E-state index >= 15 is 0 Å². The number of rotatable bonds is 6. The minimum atomic E-state index is -0.285. The summed E-state index contributed by atoms with van der Waals surface area (Å²) in [6.07, 6.45) is 3.76. The molecule has 2 heterocycles. The molecular formula is C23H20N4O2. The standard InChI is InChI=1S/C23H20N4O2/c28-22(24-14-20-16-27-13-5-4-8-21(27)26-20)15-25-23(29)19-11-9-18(10-12-19)17-6-2-1-3-7-17/h1-13,16H,14-15H2,(H,24,28)(H,25,29). The van der Waals surface area contributed by atoms with Crippen LogP contribution in [0.3, 0.4) is 0 Å². The number of carbonyl (C=O) groups is 2. The Balaban J connectivity index is 1.28. The number of amides is 2. The van der Waals surface area contributed by atoms with Crippen molar-refractivity contribution >= 4 is 17.5 Å². The van der Waals surface area contributed by atoms with Gasteiger partial charge in [0.05, 0.1) is 18.8 Å². The third kappa shape index (κ3) is 4.50. The molecule has 6 nitrogen and oxygen atoms in total. The van der Waals surface area contributed by atoms with Crippen molar-refractivity contribution in [1.82, 2.24) is 20.0 Å². The van der Waals surface area contributed by atoms with E-state index in [1.54, 1.807) is 12.1 Å². The molecule has 0 aliphatic heterocycles. The highest BCUT2D eigenvalue weighted by molar-refractivity contribution is 5.96. The van der Waals surface area contributed by atoms with Crippen LogP contribution in [0.4, 0.5) is 0 Å². The predicted molar refractivity (Wildman–Crippen MR) is 111 cm³/mol. The Morgan fingerprint density at radius 1 is 0.828 bits per heavy atom. The lowest BCUT2D eigenvalue weighted by atomic mass is 10.0. The minimum absolute atomic E-state index is 0.0906. The van der Waals surface area contributed by atoms with Crippen molar-refractivity contribution in [3.8, 4) is 11.1 Å². The summed E-state index contributed by atoms with van der Waals surface area (Å²) >= 11 is 0.